The van der Waals surface area contributed by atoms with Crippen LogP contribution in [0, 0.1) is 20.2 Å². The number of carbonyl (C=O) groups excluding carboxylic acids is 4. The summed E-state index contributed by atoms with van der Waals surface area (Å²) in [5.74, 6) is -2.86. The summed E-state index contributed by atoms with van der Waals surface area (Å²) in [7, 11) is 2.62. The number of guanidine groups is 1. The second-order valence-electron chi connectivity index (χ2n) is 16.4. The van der Waals surface area contributed by atoms with Crippen LogP contribution in [0.2, 0.25) is 0 Å². The Morgan fingerprint density at radius 2 is 1.13 bits per heavy atom. The van der Waals surface area contributed by atoms with Crippen molar-refractivity contribution in [3.05, 3.63) is 169 Å². The predicted octanol–water partition coefficient (Wildman–Crippen LogP) is 4.74. The van der Waals surface area contributed by atoms with Gasteiger partial charge < -0.3 is 46.1 Å². The maximum absolute atomic E-state index is 15.5. The summed E-state index contributed by atoms with van der Waals surface area (Å²) in [6.45, 7) is 0.609. The summed E-state index contributed by atoms with van der Waals surface area (Å²) in [6.07, 6.45) is -0.326. The molecule has 1 aliphatic heterocycles. The van der Waals surface area contributed by atoms with Gasteiger partial charge in [-0.25, -0.2) is 0 Å². The first-order valence-corrected chi connectivity index (χ1v) is 22.4. The minimum absolute atomic E-state index is 0.0234. The Labute approximate surface area is 403 Å². The van der Waals surface area contributed by atoms with Gasteiger partial charge in [-0.05, 0) is 60.7 Å². The van der Waals surface area contributed by atoms with Gasteiger partial charge in [0.25, 0.3) is 11.4 Å². The van der Waals surface area contributed by atoms with E-state index in [2.05, 4.69) is 15.6 Å². The van der Waals surface area contributed by atoms with Crippen molar-refractivity contribution < 1.29 is 43.2 Å². The summed E-state index contributed by atoms with van der Waals surface area (Å²) < 4.78 is 17.1. The summed E-state index contributed by atoms with van der Waals surface area (Å²) in [6, 6.07) is 27.5. The smallest absolute Gasteiger partial charge is 0.278 e. The minimum atomic E-state index is -1.50. The Kier molecular flexibility index (Phi) is 17.4. The maximum atomic E-state index is 15.5. The quantitative estimate of drug-likeness (QED) is 0.0287. The molecule has 0 spiro atoms. The summed E-state index contributed by atoms with van der Waals surface area (Å²) in [4.78, 5) is 91.1. The van der Waals surface area contributed by atoms with Crippen LogP contribution in [0.15, 0.2) is 126 Å². The van der Waals surface area contributed by atoms with Crippen molar-refractivity contribution in [2.24, 2.45) is 16.5 Å². The molecule has 5 aromatic carbocycles. The lowest BCUT2D eigenvalue weighted by molar-refractivity contribution is -0.385. The first kappa shape index (κ1) is 50.9. The van der Waals surface area contributed by atoms with E-state index in [1.807, 2.05) is 30.3 Å². The molecular weight excluding hydrogens is 903 g/mol. The average Bonchev–Trinajstić information content (AvgIpc) is 3.36. The van der Waals surface area contributed by atoms with Gasteiger partial charge in [0.15, 0.2) is 5.96 Å². The molecule has 1 heterocycles. The van der Waals surface area contributed by atoms with Gasteiger partial charge in [0.1, 0.15) is 48.0 Å². The van der Waals surface area contributed by atoms with Crippen LogP contribution in [0.4, 0.5) is 11.4 Å². The third-order valence-corrected chi connectivity index (χ3v) is 11.8. The Hall–Kier alpha value is -8.55. The number of carbonyl (C=O) groups is 4. The lowest BCUT2D eigenvalue weighted by Crippen LogP contribution is -2.63. The molecule has 0 radical (unpaired) electrons. The molecule has 20 nitrogen and oxygen atoms in total. The van der Waals surface area contributed by atoms with Crippen molar-refractivity contribution in [3.63, 3.8) is 0 Å². The van der Waals surface area contributed by atoms with Gasteiger partial charge in [0.2, 0.25) is 23.6 Å². The van der Waals surface area contributed by atoms with E-state index in [0.29, 0.717) is 16.9 Å². The number of nitrogens with zero attached hydrogens (tertiary/aromatic N) is 5. The number of rotatable bonds is 19. The van der Waals surface area contributed by atoms with Crippen LogP contribution < -0.4 is 36.3 Å². The van der Waals surface area contributed by atoms with E-state index in [4.69, 9.17) is 25.7 Å². The van der Waals surface area contributed by atoms with Crippen molar-refractivity contribution in [2.45, 2.75) is 76.5 Å². The monoisotopic (exact) mass is 957 g/mol. The fraction of sp³-hybridized carbons (Fsp3) is 0.300. The van der Waals surface area contributed by atoms with Crippen LogP contribution in [0.3, 0.4) is 0 Å². The van der Waals surface area contributed by atoms with Crippen molar-refractivity contribution >= 4 is 41.0 Å². The molecule has 1 aliphatic rings. The molecule has 0 unspecified atom stereocenters. The lowest BCUT2D eigenvalue weighted by Gasteiger charge is -2.38. The number of nitrogens with one attached hydrogen (secondary N) is 2. The Morgan fingerprint density at radius 1 is 0.643 bits per heavy atom. The van der Waals surface area contributed by atoms with E-state index in [0.717, 1.165) is 15.4 Å². The van der Waals surface area contributed by atoms with Gasteiger partial charge >= 0.3 is 0 Å². The maximum Gasteiger partial charge on any atom is 0.278 e. The highest BCUT2D eigenvalue weighted by Crippen LogP contribution is 2.33. The first-order valence-electron chi connectivity index (χ1n) is 22.4. The summed E-state index contributed by atoms with van der Waals surface area (Å²) >= 11 is 0. The van der Waals surface area contributed by atoms with Crippen LogP contribution in [0.25, 0.3) is 0 Å². The van der Waals surface area contributed by atoms with Crippen molar-refractivity contribution in [3.8, 4) is 17.2 Å². The number of benzene rings is 5. The van der Waals surface area contributed by atoms with Gasteiger partial charge in [-0.15, -0.1) is 0 Å². The number of methoxy groups -OCH3 is 2. The van der Waals surface area contributed by atoms with Crippen LogP contribution in [-0.4, -0.2) is 94.2 Å². The first-order chi connectivity index (χ1) is 33.7. The minimum Gasteiger partial charge on any atom is -0.496 e. The van der Waals surface area contributed by atoms with E-state index in [1.54, 1.807) is 54.6 Å². The second-order valence-corrected chi connectivity index (χ2v) is 16.4. The topological polar surface area (TPSA) is 277 Å². The lowest BCUT2D eigenvalue weighted by atomic mass is 9.97. The Balaban J connectivity index is 1.51. The molecule has 0 aromatic heterocycles. The molecule has 0 bridgehead atoms. The van der Waals surface area contributed by atoms with Crippen LogP contribution in [0.5, 0.6) is 17.2 Å². The zero-order valence-corrected chi connectivity index (χ0v) is 38.9. The molecule has 366 valence electrons. The normalized spacial score (nSPS) is 17.6. The SMILES string of the molecule is COc1cccc([N+](=O)[O-])c1CN1C(=O)[C@H](C)NC(=O)[C@H](Cc2ccccc2)N(Cc2c(OC)cccc2[N+](=O)[O-])C(=O)[C@H](CCCN=C(N)N)NC(=O)[C@@H]1Cc1ccc(OCc2ccccc2)cc1. The molecule has 0 saturated carbocycles. The van der Waals surface area contributed by atoms with Gasteiger partial charge in [0.05, 0.1) is 48.3 Å². The van der Waals surface area contributed by atoms with Gasteiger partial charge in [-0.3, -0.25) is 44.4 Å². The zero-order chi connectivity index (χ0) is 50.3. The molecule has 5 aromatic rings. The highest BCUT2D eigenvalue weighted by molar-refractivity contribution is 5.98. The molecular formula is C50H55N9O11. The fourth-order valence-electron chi connectivity index (χ4n) is 8.24. The van der Waals surface area contributed by atoms with Crippen molar-refractivity contribution in [1.82, 2.24) is 20.4 Å². The number of ether oxygens (including phenoxy) is 3. The van der Waals surface area contributed by atoms with Gasteiger partial charge in [-0.2, -0.15) is 0 Å². The van der Waals surface area contributed by atoms with Crippen LogP contribution >= 0.6 is 0 Å². The third kappa shape index (κ3) is 12.9. The molecule has 0 aliphatic carbocycles. The molecule has 4 amide bonds. The van der Waals surface area contributed by atoms with Crippen molar-refractivity contribution in [2.75, 3.05) is 20.8 Å². The van der Waals surface area contributed by atoms with E-state index in [1.165, 1.54) is 57.5 Å². The molecule has 70 heavy (non-hydrogen) atoms. The highest BCUT2D eigenvalue weighted by atomic mass is 16.6. The van der Waals surface area contributed by atoms with E-state index >= 15 is 14.4 Å². The van der Waals surface area contributed by atoms with E-state index in [-0.39, 0.29) is 67.4 Å². The zero-order valence-electron chi connectivity index (χ0n) is 38.9. The van der Waals surface area contributed by atoms with Crippen molar-refractivity contribution in [1.29, 1.82) is 0 Å². The van der Waals surface area contributed by atoms with Gasteiger partial charge in [-0.1, -0.05) is 84.9 Å². The Morgan fingerprint density at radius 3 is 1.63 bits per heavy atom. The summed E-state index contributed by atoms with van der Waals surface area (Å²) in [5, 5.41) is 30.7. The van der Waals surface area contributed by atoms with Crippen LogP contribution in [0.1, 0.15) is 47.6 Å². The van der Waals surface area contributed by atoms with Crippen LogP contribution in [-0.2, 0) is 51.7 Å². The number of hydrogen-bond donors (Lipinski definition) is 4. The standard InChI is InChI=1S/C50H55N9O11/c1-32-48(62)56(29-37-40(58(64)65)18-10-20-44(37)68-2)43(28-34-22-24-36(25-23-34)70-31-35-15-8-5-9-16-35)47(61)55-39(17-12-26-53-50(51)52)49(63)57(30-38-41(59(66)67)19-11-21-45(38)69-3)42(46(60)54-32)27-33-13-6-4-7-14-33/h4-11,13-16,18-25,32,39,42-43H,12,17,26-31H2,1-3H3,(H,54,60)(H,55,61)(H4,51,52,53)/t32-,39-,42-,43-/m0/s1. The molecule has 4 atom stereocenters. The molecule has 6 rings (SSSR count). The largest absolute Gasteiger partial charge is 0.496 e. The number of nitro benzene ring substituents is 2. The fourth-order valence-corrected chi connectivity index (χ4v) is 8.24. The van der Waals surface area contributed by atoms with Gasteiger partial charge in [0, 0.05) is 31.5 Å². The number of hydrogen-bond acceptors (Lipinski definition) is 12. The number of nitrogens with two attached hydrogens (primary N) is 2. The Bertz CT molecular complexity index is 2680. The average molecular weight is 958 g/mol. The van der Waals surface area contributed by atoms with E-state index < -0.39 is 82.1 Å². The highest BCUT2D eigenvalue weighted by Gasteiger charge is 2.42. The molecule has 1 fully saturated rings. The third-order valence-electron chi connectivity index (χ3n) is 11.8. The number of aliphatic imine (C=N–C) groups is 1. The second kappa shape index (κ2) is 23.9. The number of nitro groups is 2. The van der Waals surface area contributed by atoms with E-state index in [9.17, 15) is 25.0 Å². The molecule has 6 N–H and O–H groups in total. The number of amides is 4. The predicted molar refractivity (Wildman–Crippen MR) is 258 cm³/mol. The summed E-state index contributed by atoms with van der Waals surface area (Å²) in [5.41, 5.74) is 12.5. The molecule has 1 saturated heterocycles. The molecule has 20 heteroatoms.